The van der Waals surface area contributed by atoms with Gasteiger partial charge in [0, 0.05) is 23.4 Å². The Kier molecular flexibility index (Phi) is 4.66. The lowest BCUT2D eigenvalue weighted by molar-refractivity contribution is 0.351. The zero-order valence-corrected chi connectivity index (χ0v) is 13.8. The Morgan fingerprint density at radius 1 is 1.38 bits per heavy atom. The fourth-order valence-corrected chi connectivity index (χ4v) is 3.44. The van der Waals surface area contributed by atoms with Crippen molar-refractivity contribution >= 4 is 15.9 Å². The van der Waals surface area contributed by atoms with Crippen molar-refractivity contribution in [1.82, 2.24) is 5.32 Å². The summed E-state index contributed by atoms with van der Waals surface area (Å²) < 4.78 is 12.4. The number of nitrogens with one attached hydrogen (secondary N) is 1. The van der Waals surface area contributed by atoms with Crippen LogP contribution < -0.4 is 10.1 Å². The first kappa shape index (κ1) is 14.7. The molecule has 1 aromatic carbocycles. The summed E-state index contributed by atoms with van der Waals surface area (Å²) in [6.45, 7) is 0.801. The number of benzene rings is 1. The van der Waals surface area contributed by atoms with Crippen LogP contribution in [0.3, 0.4) is 0 Å². The Hall–Kier alpha value is -1.26. The van der Waals surface area contributed by atoms with E-state index in [-0.39, 0.29) is 0 Å². The van der Waals surface area contributed by atoms with E-state index < -0.39 is 0 Å². The molecular weight excluding hydrogens is 330 g/mol. The normalized spacial score (nSPS) is 14.8. The van der Waals surface area contributed by atoms with E-state index in [9.17, 15) is 0 Å². The molecule has 1 aliphatic heterocycles. The Bertz CT molecular complexity index is 595. The molecule has 2 aromatic rings. The summed E-state index contributed by atoms with van der Waals surface area (Å²) >= 11 is 3.61. The molecule has 1 N–H and O–H groups in total. The van der Waals surface area contributed by atoms with Crippen molar-refractivity contribution in [3.8, 4) is 5.75 Å². The first-order valence-corrected chi connectivity index (χ1v) is 8.19. The molecule has 0 saturated heterocycles. The summed E-state index contributed by atoms with van der Waals surface area (Å²) in [5.41, 5.74) is 2.61. The lowest BCUT2D eigenvalue weighted by Gasteiger charge is -2.17. The molecule has 21 heavy (non-hydrogen) atoms. The lowest BCUT2D eigenvalue weighted by Crippen LogP contribution is -2.28. The molecule has 1 unspecified atom stereocenters. The molecule has 2 heterocycles. The fourth-order valence-electron chi connectivity index (χ4n) is 2.88. The van der Waals surface area contributed by atoms with E-state index in [4.69, 9.17) is 9.15 Å². The van der Waals surface area contributed by atoms with Gasteiger partial charge in [-0.2, -0.15) is 0 Å². The van der Waals surface area contributed by atoms with Crippen LogP contribution in [0.2, 0.25) is 0 Å². The minimum absolute atomic E-state index is 0.415. The summed E-state index contributed by atoms with van der Waals surface area (Å²) in [5, 5.41) is 3.41. The average Bonchev–Trinajstić information content (AvgIpc) is 3.13. The molecule has 3 rings (SSSR count). The molecule has 3 nitrogen and oxygen atoms in total. The number of likely N-dealkylation sites (N-methyl/N-ethyl adjacent to an activating group) is 1. The van der Waals surface area contributed by atoms with Gasteiger partial charge in [0.25, 0.3) is 0 Å². The molecule has 112 valence electrons. The highest BCUT2D eigenvalue weighted by Crippen LogP contribution is 2.34. The van der Waals surface area contributed by atoms with Crippen LogP contribution in [0.1, 0.15) is 23.3 Å². The van der Waals surface area contributed by atoms with Crippen LogP contribution in [-0.2, 0) is 19.3 Å². The molecule has 0 spiro atoms. The number of hydrogen-bond acceptors (Lipinski definition) is 3. The predicted octanol–water partition coefficient (Wildman–Crippen LogP) is 3.74. The van der Waals surface area contributed by atoms with E-state index in [0.29, 0.717) is 6.04 Å². The molecule has 1 aliphatic rings. The Labute approximate surface area is 133 Å². The number of furan rings is 1. The molecule has 0 radical (unpaired) electrons. The predicted molar refractivity (Wildman–Crippen MR) is 86.9 cm³/mol. The minimum atomic E-state index is 0.415. The zero-order chi connectivity index (χ0) is 14.7. The van der Waals surface area contributed by atoms with Crippen molar-refractivity contribution in [2.24, 2.45) is 0 Å². The highest BCUT2D eigenvalue weighted by atomic mass is 79.9. The number of aryl methyl sites for hydroxylation is 1. The number of ether oxygens (including phenoxy) is 1. The van der Waals surface area contributed by atoms with Gasteiger partial charge in [0.15, 0.2) is 0 Å². The van der Waals surface area contributed by atoms with Gasteiger partial charge in [-0.05, 0) is 55.3 Å². The summed E-state index contributed by atoms with van der Waals surface area (Å²) in [7, 11) is 2.02. The Morgan fingerprint density at radius 3 is 3.05 bits per heavy atom. The number of fused-ring (bicyclic) bond motifs is 1. The minimum Gasteiger partial charge on any atom is -0.493 e. The smallest absolute Gasteiger partial charge is 0.125 e. The van der Waals surface area contributed by atoms with Crippen molar-refractivity contribution in [2.75, 3.05) is 13.7 Å². The SMILES string of the molecule is CNC(CCc1ccco1)Cc1cc(Br)cc2c1OCC2. The molecule has 0 saturated carbocycles. The van der Waals surface area contributed by atoms with Crippen LogP contribution in [0.5, 0.6) is 5.75 Å². The molecule has 0 aliphatic carbocycles. The molecule has 4 heteroatoms. The average molecular weight is 350 g/mol. The van der Waals surface area contributed by atoms with Gasteiger partial charge >= 0.3 is 0 Å². The van der Waals surface area contributed by atoms with Gasteiger partial charge in [-0.1, -0.05) is 15.9 Å². The summed E-state index contributed by atoms with van der Waals surface area (Å²) in [5.74, 6) is 2.14. The van der Waals surface area contributed by atoms with Gasteiger partial charge in [0.2, 0.25) is 0 Å². The maximum Gasteiger partial charge on any atom is 0.125 e. The molecule has 1 atom stereocenters. The van der Waals surface area contributed by atoms with Gasteiger partial charge in [-0.25, -0.2) is 0 Å². The van der Waals surface area contributed by atoms with Crippen molar-refractivity contribution in [3.63, 3.8) is 0 Å². The van der Waals surface area contributed by atoms with E-state index in [1.807, 2.05) is 19.2 Å². The van der Waals surface area contributed by atoms with Crippen LogP contribution in [0.25, 0.3) is 0 Å². The van der Waals surface area contributed by atoms with Gasteiger partial charge in [0.05, 0.1) is 12.9 Å². The monoisotopic (exact) mass is 349 g/mol. The fraction of sp³-hybridized carbons (Fsp3) is 0.412. The van der Waals surface area contributed by atoms with Crippen LogP contribution in [0.4, 0.5) is 0 Å². The third-order valence-electron chi connectivity index (χ3n) is 4.02. The summed E-state index contributed by atoms with van der Waals surface area (Å²) in [4.78, 5) is 0. The highest BCUT2D eigenvalue weighted by Gasteiger charge is 2.19. The van der Waals surface area contributed by atoms with E-state index >= 15 is 0 Å². The van der Waals surface area contributed by atoms with E-state index in [0.717, 1.165) is 48.3 Å². The van der Waals surface area contributed by atoms with E-state index in [2.05, 4.69) is 33.4 Å². The molecule has 0 amide bonds. The van der Waals surface area contributed by atoms with Gasteiger partial charge in [0.1, 0.15) is 11.5 Å². The largest absolute Gasteiger partial charge is 0.493 e. The standard InChI is InChI=1S/C17H20BrNO2/c1-19-15(4-5-16-3-2-7-20-16)11-13-10-14(18)9-12-6-8-21-17(12)13/h2-3,7,9-10,15,19H,4-6,8,11H2,1H3. The summed E-state index contributed by atoms with van der Waals surface area (Å²) in [6, 6.07) is 8.74. The van der Waals surface area contributed by atoms with Crippen molar-refractivity contribution < 1.29 is 9.15 Å². The Balaban J connectivity index is 1.69. The van der Waals surface area contributed by atoms with Crippen molar-refractivity contribution in [2.45, 2.75) is 31.7 Å². The van der Waals surface area contributed by atoms with Crippen LogP contribution in [0, 0.1) is 0 Å². The second-order valence-electron chi connectivity index (χ2n) is 5.46. The topological polar surface area (TPSA) is 34.4 Å². The molecule has 0 bridgehead atoms. The second kappa shape index (κ2) is 6.67. The zero-order valence-electron chi connectivity index (χ0n) is 12.2. The third-order valence-corrected chi connectivity index (χ3v) is 4.48. The number of halogens is 1. The maximum atomic E-state index is 5.81. The number of hydrogen-bond donors (Lipinski definition) is 1. The van der Waals surface area contributed by atoms with Gasteiger partial charge in [-0.15, -0.1) is 0 Å². The van der Waals surface area contributed by atoms with Gasteiger partial charge in [-0.3, -0.25) is 0 Å². The molecular formula is C17H20BrNO2. The lowest BCUT2D eigenvalue weighted by atomic mass is 9.98. The third kappa shape index (κ3) is 3.50. The van der Waals surface area contributed by atoms with Crippen LogP contribution >= 0.6 is 15.9 Å². The number of rotatable bonds is 6. The van der Waals surface area contributed by atoms with Crippen LogP contribution in [0.15, 0.2) is 39.4 Å². The summed E-state index contributed by atoms with van der Waals surface area (Å²) in [6.07, 6.45) is 5.72. The quantitative estimate of drug-likeness (QED) is 0.862. The highest BCUT2D eigenvalue weighted by molar-refractivity contribution is 9.10. The first-order chi connectivity index (χ1) is 10.3. The van der Waals surface area contributed by atoms with Crippen molar-refractivity contribution in [3.05, 3.63) is 51.9 Å². The molecule has 1 aromatic heterocycles. The van der Waals surface area contributed by atoms with E-state index in [1.165, 1.54) is 11.1 Å². The molecule has 0 fully saturated rings. The van der Waals surface area contributed by atoms with Crippen molar-refractivity contribution in [1.29, 1.82) is 0 Å². The Morgan fingerprint density at radius 2 is 2.29 bits per heavy atom. The van der Waals surface area contributed by atoms with E-state index in [1.54, 1.807) is 6.26 Å². The van der Waals surface area contributed by atoms with Crippen LogP contribution in [-0.4, -0.2) is 19.7 Å². The maximum absolute atomic E-state index is 5.81. The first-order valence-electron chi connectivity index (χ1n) is 7.40. The second-order valence-corrected chi connectivity index (χ2v) is 6.38. The van der Waals surface area contributed by atoms with Gasteiger partial charge < -0.3 is 14.5 Å².